The summed E-state index contributed by atoms with van der Waals surface area (Å²) in [5.41, 5.74) is 0. The van der Waals surface area contributed by atoms with Crippen LogP contribution in [0.25, 0.3) is 0 Å². The van der Waals surface area contributed by atoms with Crippen LogP contribution in [-0.4, -0.2) is 62.1 Å². The van der Waals surface area contributed by atoms with E-state index in [0.717, 1.165) is 30.7 Å². The van der Waals surface area contributed by atoms with Crippen molar-refractivity contribution in [3.63, 3.8) is 0 Å². The Hall–Kier alpha value is -0.420. The van der Waals surface area contributed by atoms with Crippen LogP contribution in [0.5, 0.6) is 0 Å². The van der Waals surface area contributed by atoms with Crippen LogP contribution in [0.15, 0.2) is 4.99 Å². The lowest BCUT2D eigenvalue weighted by Crippen LogP contribution is -2.51. The normalized spacial score (nSPS) is 19.8. The third-order valence-corrected chi connectivity index (χ3v) is 4.97. The second kappa shape index (κ2) is 10.3. The van der Waals surface area contributed by atoms with Gasteiger partial charge >= 0.3 is 0 Å². The standard InChI is InChI=1S/C16H34N4S/c1-13(2)15(20-9-6-14(3)7-10-20)12-19-16(17-4)18-8-11-21-5/h13-15H,6-12H2,1-5H3,(H2,17,18,19). The van der Waals surface area contributed by atoms with Crippen molar-refractivity contribution in [1.82, 2.24) is 15.5 Å². The number of hydrogen-bond acceptors (Lipinski definition) is 3. The van der Waals surface area contributed by atoms with Crippen molar-refractivity contribution in [1.29, 1.82) is 0 Å². The summed E-state index contributed by atoms with van der Waals surface area (Å²) in [6, 6.07) is 0.594. The molecule has 0 aromatic heterocycles. The first-order chi connectivity index (χ1) is 10.1. The van der Waals surface area contributed by atoms with Crippen LogP contribution < -0.4 is 10.6 Å². The highest BCUT2D eigenvalue weighted by Crippen LogP contribution is 2.20. The fourth-order valence-corrected chi connectivity index (χ4v) is 3.15. The van der Waals surface area contributed by atoms with E-state index in [0.29, 0.717) is 12.0 Å². The van der Waals surface area contributed by atoms with Crippen molar-refractivity contribution in [3.05, 3.63) is 0 Å². The molecular formula is C16H34N4S. The van der Waals surface area contributed by atoms with Gasteiger partial charge in [0, 0.05) is 31.9 Å². The molecule has 1 rings (SSSR count). The first-order valence-corrected chi connectivity index (χ1v) is 9.65. The Morgan fingerprint density at radius 3 is 2.48 bits per heavy atom. The number of rotatable bonds is 7. The minimum atomic E-state index is 0.594. The molecule has 124 valence electrons. The van der Waals surface area contributed by atoms with Gasteiger partial charge in [-0.2, -0.15) is 11.8 Å². The fraction of sp³-hybridized carbons (Fsp3) is 0.938. The minimum Gasteiger partial charge on any atom is -0.356 e. The number of likely N-dealkylation sites (tertiary alicyclic amines) is 1. The molecule has 21 heavy (non-hydrogen) atoms. The van der Waals surface area contributed by atoms with E-state index in [1.54, 1.807) is 0 Å². The molecule has 0 aromatic rings. The zero-order chi connectivity index (χ0) is 15.7. The third-order valence-electron chi connectivity index (χ3n) is 4.36. The quantitative estimate of drug-likeness (QED) is 0.430. The maximum Gasteiger partial charge on any atom is 0.191 e. The molecule has 1 atom stereocenters. The van der Waals surface area contributed by atoms with Crippen LogP contribution in [0.2, 0.25) is 0 Å². The van der Waals surface area contributed by atoms with Gasteiger partial charge in [-0.3, -0.25) is 9.89 Å². The molecule has 0 aliphatic carbocycles. The molecule has 1 aliphatic rings. The van der Waals surface area contributed by atoms with Crippen LogP contribution in [0, 0.1) is 11.8 Å². The Balaban J connectivity index is 2.43. The van der Waals surface area contributed by atoms with E-state index in [4.69, 9.17) is 0 Å². The lowest BCUT2D eigenvalue weighted by Gasteiger charge is -2.39. The van der Waals surface area contributed by atoms with Crippen LogP contribution in [0.3, 0.4) is 0 Å². The maximum absolute atomic E-state index is 4.31. The fourth-order valence-electron chi connectivity index (χ4n) is 2.84. The van der Waals surface area contributed by atoms with E-state index in [1.807, 2.05) is 18.8 Å². The molecular weight excluding hydrogens is 280 g/mol. The Morgan fingerprint density at radius 2 is 1.95 bits per heavy atom. The molecule has 0 aromatic carbocycles. The molecule has 1 unspecified atom stereocenters. The lowest BCUT2D eigenvalue weighted by atomic mass is 9.94. The Kier molecular flexibility index (Phi) is 9.16. The Bertz CT molecular complexity index is 299. The zero-order valence-corrected chi connectivity index (χ0v) is 15.3. The van der Waals surface area contributed by atoms with Gasteiger partial charge in [-0.25, -0.2) is 0 Å². The number of nitrogens with one attached hydrogen (secondary N) is 2. The molecule has 1 aliphatic heterocycles. The number of guanidine groups is 1. The topological polar surface area (TPSA) is 39.7 Å². The SMILES string of the molecule is CN=C(NCCSC)NCC(C(C)C)N1CCC(C)CC1. The molecule has 5 heteroatoms. The molecule has 2 N–H and O–H groups in total. The number of aliphatic imine (C=N–C) groups is 1. The van der Waals surface area contributed by atoms with Crippen LogP contribution in [0.1, 0.15) is 33.6 Å². The van der Waals surface area contributed by atoms with Gasteiger partial charge in [0.15, 0.2) is 5.96 Å². The van der Waals surface area contributed by atoms with Gasteiger partial charge in [-0.05, 0) is 44.0 Å². The average molecular weight is 315 g/mol. The van der Waals surface area contributed by atoms with E-state index in [9.17, 15) is 0 Å². The van der Waals surface area contributed by atoms with Crippen molar-refractivity contribution < 1.29 is 0 Å². The number of thioether (sulfide) groups is 1. The molecule has 4 nitrogen and oxygen atoms in total. The molecule has 0 spiro atoms. The summed E-state index contributed by atoms with van der Waals surface area (Å²) in [6.45, 7) is 11.5. The van der Waals surface area contributed by atoms with E-state index in [2.05, 4.69) is 47.6 Å². The van der Waals surface area contributed by atoms with Crippen LogP contribution in [0.4, 0.5) is 0 Å². The van der Waals surface area contributed by atoms with E-state index >= 15 is 0 Å². The monoisotopic (exact) mass is 314 g/mol. The first-order valence-electron chi connectivity index (χ1n) is 8.26. The van der Waals surface area contributed by atoms with Crippen molar-refractivity contribution in [3.8, 4) is 0 Å². The Morgan fingerprint density at radius 1 is 1.29 bits per heavy atom. The predicted octanol–water partition coefficient (Wildman–Crippen LogP) is 2.27. The highest BCUT2D eigenvalue weighted by Gasteiger charge is 2.25. The van der Waals surface area contributed by atoms with Gasteiger partial charge in [0.25, 0.3) is 0 Å². The molecule has 1 saturated heterocycles. The molecule has 0 saturated carbocycles. The summed E-state index contributed by atoms with van der Waals surface area (Å²) < 4.78 is 0. The number of hydrogen-bond donors (Lipinski definition) is 2. The molecule has 1 fully saturated rings. The second-order valence-electron chi connectivity index (χ2n) is 6.40. The van der Waals surface area contributed by atoms with Crippen molar-refractivity contribution in [2.24, 2.45) is 16.8 Å². The van der Waals surface area contributed by atoms with Crippen molar-refractivity contribution in [2.45, 2.75) is 39.7 Å². The summed E-state index contributed by atoms with van der Waals surface area (Å²) in [7, 11) is 1.85. The number of piperidine rings is 1. The molecule has 0 bridgehead atoms. The van der Waals surface area contributed by atoms with Crippen LogP contribution >= 0.6 is 11.8 Å². The first kappa shape index (κ1) is 18.6. The second-order valence-corrected chi connectivity index (χ2v) is 7.39. The average Bonchev–Trinajstić information content (AvgIpc) is 2.47. The zero-order valence-electron chi connectivity index (χ0n) is 14.5. The van der Waals surface area contributed by atoms with Gasteiger partial charge < -0.3 is 10.6 Å². The smallest absolute Gasteiger partial charge is 0.191 e. The molecule has 0 radical (unpaired) electrons. The Labute approximate surface area is 135 Å². The lowest BCUT2D eigenvalue weighted by molar-refractivity contribution is 0.110. The molecule has 1 heterocycles. The van der Waals surface area contributed by atoms with Gasteiger partial charge in [0.05, 0.1) is 0 Å². The predicted molar refractivity (Wildman–Crippen MR) is 96.3 cm³/mol. The number of nitrogens with zero attached hydrogens (tertiary/aromatic N) is 2. The largest absolute Gasteiger partial charge is 0.356 e. The summed E-state index contributed by atoms with van der Waals surface area (Å²) in [4.78, 5) is 6.97. The summed E-state index contributed by atoms with van der Waals surface area (Å²) in [5, 5.41) is 6.88. The van der Waals surface area contributed by atoms with Gasteiger partial charge in [-0.15, -0.1) is 0 Å². The summed E-state index contributed by atoms with van der Waals surface area (Å²) in [5.74, 6) is 3.59. The maximum atomic E-state index is 4.31. The van der Waals surface area contributed by atoms with E-state index in [1.165, 1.54) is 25.9 Å². The van der Waals surface area contributed by atoms with Gasteiger partial charge in [0.2, 0.25) is 0 Å². The van der Waals surface area contributed by atoms with E-state index < -0.39 is 0 Å². The molecule has 0 amide bonds. The highest BCUT2D eigenvalue weighted by molar-refractivity contribution is 7.98. The van der Waals surface area contributed by atoms with Crippen molar-refractivity contribution >= 4 is 17.7 Å². The van der Waals surface area contributed by atoms with Crippen molar-refractivity contribution in [2.75, 3.05) is 45.2 Å². The third kappa shape index (κ3) is 6.92. The van der Waals surface area contributed by atoms with Gasteiger partial charge in [0.1, 0.15) is 0 Å². The summed E-state index contributed by atoms with van der Waals surface area (Å²) in [6.07, 6.45) is 4.80. The van der Waals surface area contributed by atoms with Crippen LogP contribution in [-0.2, 0) is 0 Å². The van der Waals surface area contributed by atoms with E-state index in [-0.39, 0.29) is 0 Å². The minimum absolute atomic E-state index is 0.594. The highest BCUT2D eigenvalue weighted by atomic mass is 32.2. The van der Waals surface area contributed by atoms with Gasteiger partial charge in [-0.1, -0.05) is 20.8 Å². The summed E-state index contributed by atoms with van der Waals surface area (Å²) >= 11 is 1.85.